The first kappa shape index (κ1) is 17.1. The second-order valence-corrected chi connectivity index (χ2v) is 5.94. The molecule has 1 aromatic heterocycles. The van der Waals surface area contributed by atoms with Gasteiger partial charge in [-0.05, 0) is 42.2 Å². The molecule has 1 aliphatic rings. The average Bonchev–Trinajstić information content (AvgIpc) is 3.36. The van der Waals surface area contributed by atoms with Crippen LogP contribution in [0.2, 0.25) is 0 Å². The number of nitrogens with zero attached hydrogens (tertiary/aromatic N) is 2. The van der Waals surface area contributed by atoms with Crippen molar-refractivity contribution in [2.24, 2.45) is 5.92 Å². The lowest BCUT2D eigenvalue weighted by Crippen LogP contribution is -2.16. The standard InChI is InChI=1S/C18H12F4N2O/c19-12-3-1-2-10(6-12)13-7-14(13)17(25)15(8-23)16-5-4-11(9-24-16)18(20,21)22/h1-6,9,13-15H,7H2. The second kappa shape index (κ2) is 6.28. The number of Topliss-reactive ketones (excluding diaryl/α,β-unsaturated/α-hetero) is 1. The third-order valence-electron chi connectivity index (χ3n) is 4.26. The lowest BCUT2D eigenvalue weighted by molar-refractivity contribution is -0.137. The molecule has 1 aliphatic carbocycles. The predicted octanol–water partition coefficient (Wildman–Crippen LogP) is 4.22. The highest BCUT2D eigenvalue weighted by atomic mass is 19.4. The highest BCUT2D eigenvalue weighted by Crippen LogP contribution is 2.50. The van der Waals surface area contributed by atoms with Crippen LogP contribution in [0.3, 0.4) is 0 Å². The van der Waals surface area contributed by atoms with Crippen LogP contribution in [0.1, 0.15) is 35.1 Å². The molecular formula is C18H12F4N2O. The van der Waals surface area contributed by atoms with E-state index in [-0.39, 0.29) is 11.6 Å². The third kappa shape index (κ3) is 3.53. The van der Waals surface area contributed by atoms with E-state index in [1.807, 2.05) is 6.07 Å². The van der Waals surface area contributed by atoms with Crippen molar-refractivity contribution in [3.05, 3.63) is 65.2 Å². The molecule has 1 fully saturated rings. The molecule has 3 rings (SSSR count). The molecule has 128 valence electrons. The largest absolute Gasteiger partial charge is 0.417 e. The van der Waals surface area contributed by atoms with Gasteiger partial charge in [0.25, 0.3) is 0 Å². The predicted molar refractivity (Wildman–Crippen MR) is 79.8 cm³/mol. The molecular weight excluding hydrogens is 336 g/mol. The first-order valence-electron chi connectivity index (χ1n) is 7.53. The van der Waals surface area contributed by atoms with Crippen LogP contribution in [0.4, 0.5) is 17.6 Å². The Bertz CT molecular complexity index is 839. The molecule has 0 saturated heterocycles. The van der Waals surface area contributed by atoms with Crippen LogP contribution < -0.4 is 0 Å². The molecule has 7 heteroatoms. The van der Waals surface area contributed by atoms with Crippen LogP contribution in [0.15, 0.2) is 42.6 Å². The van der Waals surface area contributed by atoms with Crippen molar-refractivity contribution in [2.45, 2.75) is 24.4 Å². The Labute approximate surface area is 140 Å². The van der Waals surface area contributed by atoms with Crippen molar-refractivity contribution in [3.63, 3.8) is 0 Å². The fraction of sp³-hybridized carbons (Fsp3) is 0.278. The Morgan fingerprint density at radius 1 is 1.28 bits per heavy atom. The molecule has 0 aliphatic heterocycles. The number of alkyl halides is 3. The topological polar surface area (TPSA) is 53.8 Å². The minimum absolute atomic E-state index is 0.00890. The number of carbonyl (C=O) groups excluding carboxylic acids is 1. The van der Waals surface area contributed by atoms with E-state index in [2.05, 4.69) is 4.98 Å². The molecule has 25 heavy (non-hydrogen) atoms. The van der Waals surface area contributed by atoms with Gasteiger partial charge in [-0.3, -0.25) is 9.78 Å². The third-order valence-corrected chi connectivity index (χ3v) is 4.26. The van der Waals surface area contributed by atoms with Gasteiger partial charge < -0.3 is 0 Å². The van der Waals surface area contributed by atoms with Gasteiger partial charge in [-0.1, -0.05) is 12.1 Å². The summed E-state index contributed by atoms with van der Waals surface area (Å²) in [5, 5.41) is 9.26. The average molecular weight is 348 g/mol. The van der Waals surface area contributed by atoms with Gasteiger partial charge in [0, 0.05) is 12.1 Å². The van der Waals surface area contributed by atoms with Gasteiger partial charge in [0.15, 0.2) is 5.78 Å². The van der Waals surface area contributed by atoms with Crippen LogP contribution in [-0.4, -0.2) is 10.8 Å². The zero-order valence-electron chi connectivity index (χ0n) is 12.8. The number of nitriles is 1. The molecule has 0 bridgehead atoms. The van der Waals surface area contributed by atoms with E-state index in [0.29, 0.717) is 18.2 Å². The quantitative estimate of drug-likeness (QED) is 0.778. The number of halogens is 4. The molecule has 1 saturated carbocycles. The molecule has 1 heterocycles. The Morgan fingerprint density at radius 2 is 2.04 bits per heavy atom. The maximum atomic E-state index is 13.3. The lowest BCUT2D eigenvalue weighted by Gasteiger charge is -2.10. The van der Waals surface area contributed by atoms with Gasteiger partial charge in [0.1, 0.15) is 11.7 Å². The summed E-state index contributed by atoms with van der Waals surface area (Å²) in [5.41, 5.74) is -0.273. The Hall–Kier alpha value is -2.75. The lowest BCUT2D eigenvalue weighted by atomic mass is 9.95. The van der Waals surface area contributed by atoms with Crippen LogP contribution in [-0.2, 0) is 11.0 Å². The van der Waals surface area contributed by atoms with Crippen LogP contribution >= 0.6 is 0 Å². The fourth-order valence-corrected chi connectivity index (χ4v) is 2.85. The number of aromatic nitrogens is 1. The van der Waals surface area contributed by atoms with E-state index in [0.717, 1.165) is 12.1 Å². The molecule has 3 unspecified atom stereocenters. The number of carbonyl (C=O) groups is 1. The van der Waals surface area contributed by atoms with Crippen molar-refractivity contribution >= 4 is 5.78 Å². The van der Waals surface area contributed by atoms with Gasteiger partial charge in [-0.25, -0.2) is 4.39 Å². The minimum Gasteiger partial charge on any atom is -0.297 e. The Kier molecular flexibility index (Phi) is 4.29. The highest BCUT2D eigenvalue weighted by molar-refractivity contribution is 5.93. The molecule has 0 N–H and O–H groups in total. The summed E-state index contributed by atoms with van der Waals surface area (Å²) in [4.78, 5) is 16.1. The van der Waals surface area contributed by atoms with Crippen LogP contribution in [0.25, 0.3) is 0 Å². The van der Waals surface area contributed by atoms with Crippen LogP contribution in [0.5, 0.6) is 0 Å². The summed E-state index contributed by atoms with van der Waals surface area (Å²) in [7, 11) is 0. The Balaban J connectivity index is 1.76. The fourth-order valence-electron chi connectivity index (χ4n) is 2.85. The van der Waals surface area contributed by atoms with Crippen molar-refractivity contribution in [1.29, 1.82) is 5.26 Å². The maximum Gasteiger partial charge on any atom is 0.417 e. The molecule has 2 aromatic rings. The van der Waals surface area contributed by atoms with Gasteiger partial charge >= 0.3 is 6.18 Å². The number of benzene rings is 1. The van der Waals surface area contributed by atoms with E-state index in [4.69, 9.17) is 0 Å². The summed E-state index contributed by atoms with van der Waals surface area (Å²) in [5.74, 6) is -2.66. The van der Waals surface area contributed by atoms with E-state index >= 15 is 0 Å². The van der Waals surface area contributed by atoms with Crippen molar-refractivity contribution < 1.29 is 22.4 Å². The monoisotopic (exact) mass is 348 g/mol. The summed E-state index contributed by atoms with van der Waals surface area (Å²) in [6.45, 7) is 0. The minimum atomic E-state index is -4.53. The van der Waals surface area contributed by atoms with Crippen molar-refractivity contribution in [2.75, 3.05) is 0 Å². The van der Waals surface area contributed by atoms with Gasteiger partial charge in [-0.2, -0.15) is 18.4 Å². The van der Waals surface area contributed by atoms with E-state index in [1.165, 1.54) is 12.1 Å². The van der Waals surface area contributed by atoms with Gasteiger partial charge in [-0.15, -0.1) is 0 Å². The SMILES string of the molecule is N#CC(C(=O)C1CC1c1cccc(F)c1)c1ccc(C(F)(F)F)cn1. The second-order valence-electron chi connectivity index (χ2n) is 5.94. The zero-order valence-corrected chi connectivity index (χ0v) is 12.8. The number of ketones is 1. The molecule has 3 atom stereocenters. The number of pyridine rings is 1. The first-order valence-corrected chi connectivity index (χ1v) is 7.53. The summed E-state index contributed by atoms with van der Waals surface area (Å²) >= 11 is 0. The summed E-state index contributed by atoms with van der Waals surface area (Å²) in [6, 6.07) is 9.56. The van der Waals surface area contributed by atoms with Gasteiger partial charge in [0.2, 0.25) is 0 Å². The molecule has 0 amide bonds. The number of hydrogen-bond acceptors (Lipinski definition) is 3. The van der Waals surface area contributed by atoms with E-state index < -0.39 is 35.2 Å². The zero-order chi connectivity index (χ0) is 18.2. The molecule has 1 aromatic carbocycles. The maximum absolute atomic E-state index is 13.3. The number of rotatable bonds is 4. The first-order chi connectivity index (χ1) is 11.8. The van der Waals surface area contributed by atoms with Crippen LogP contribution in [0, 0.1) is 23.1 Å². The summed E-state index contributed by atoms with van der Waals surface area (Å²) < 4.78 is 51.0. The van der Waals surface area contributed by atoms with Gasteiger partial charge in [0.05, 0.1) is 17.3 Å². The molecule has 0 spiro atoms. The molecule has 3 nitrogen and oxygen atoms in total. The molecule has 0 radical (unpaired) electrons. The number of hydrogen-bond donors (Lipinski definition) is 0. The van der Waals surface area contributed by atoms with Crippen molar-refractivity contribution in [1.82, 2.24) is 4.98 Å². The van der Waals surface area contributed by atoms with E-state index in [1.54, 1.807) is 12.1 Å². The smallest absolute Gasteiger partial charge is 0.297 e. The van der Waals surface area contributed by atoms with E-state index in [9.17, 15) is 27.6 Å². The summed E-state index contributed by atoms with van der Waals surface area (Å²) in [6.07, 6.45) is -3.43. The highest BCUT2D eigenvalue weighted by Gasteiger charge is 2.47. The normalized spacial score (nSPS) is 20.6. The Morgan fingerprint density at radius 3 is 2.60 bits per heavy atom. The van der Waals surface area contributed by atoms with Crippen molar-refractivity contribution in [3.8, 4) is 6.07 Å².